The van der Waals surface area contributed by atoms with Crippen LogP contribution in [0.4, 0.5) is 0 Å². The quantitative estimate of drug-likeness (QED) is 0.780. The van der Waals surface area contributed by atoms with Crippen LogP contribution < -0.4 is 5.32 Å². The number of piperazine rings is 1. The highest BCUT2D eigenvalue weighted by Crippen LogP contribution is 2.08. The first-order valence-corrected chi connectivity index (χ1v) is 5.35. The third-order valence-corrected chi connectivity index (χ3v) is 2.67. The molecule has 0 bridgehead atoms. The van der Waals surface area contributed by atoms with Crippen LogP contribution >= 0.6 is 12.4 Å². The summed E-state index contributed by atoms with van der Waals surface area (Å²) in [5, 5.41) is 3.41. The summed E-state index contributed by atoms with van der Waals surface area (Å²) in [5.74, 6) is 0.0974. The van der Waals surface area contributed by atoms with Crippen LogP contribution in [0.2, 0.25) is 0 Å². The fourth-order valence-electron chi connectivity index (χ4n) is 2.13. The molecular weight excluding hydrogens is 226 g/mol. The van der Waals surface area contributed by atoms with Crippen molar-refractivity contribution >= 4 is 18.3 Å². The maximum atomic E-state index is 12.0. The minimum absolute atomic E-state index is 0. The van der Waals surface area contributed by atoms with Crippen LogP contribution in [0.15, 0.2) is 18.3 Å². The highest BCUT2D eigenvalue weighted by Gasteiger charge is 2.25. The van der Waals surface area contributed by atoms with E-state index in [-0.39, 0.29) is 18.3 Å². The number of nitrogens with zero attached hydrogens (tertiary/aromatic N) is 1. The molecule has 5 heteroatoms. The van der Waals surface area contributed by atoms with Crippen molar-refractivity contribution in [2.75, 3.05) is 13.1 Å². The Hall–Kier alpha value is -1.00. The minimum Gasteiger partial charge on any atom is -0.357 e. The molecule has 2 N–H and O–H groups in total. The van der Waals surface area contributed by atoms with Crippen molar-refractivity contribution in [2.45, 2.75) is 25.9 Å². The van der Waals surface area contributed by atoms with Crippen molar-refractivity contribution in [3.63, 3.8) is 0 Å². The lowest BCUT2D eigenvalue weighted by Gasteiger charge is -2.35. The van der Waals surface area contributed by atoms with Gasteiger partial charge in [0.1, 0.15) is 5.69 Å². The van der Waals surface area contributed by atoms with Gasteiger partial charge < -0.3 is 15.2 Å². The van der Waals surface area contributed by atoms with Gasteiger partial charge >= 0.3 is 0 Å². The fourth-order valence-corrected chi connectivity index (χ4v) is 2.13. The molecule has 0 spiro atoms. The summed E-state index contributed by atoms with van der Waals surface area (Å²) in [5.41, 5.74) is 0.677. The second-order valence-electron chi connectivity index (χ2n) is 4.26. The first-order chi connectivity index (χ1) is 7.16. The van der Waals surface area contributed by atoms with Crippen LogP contribution in [0, 0.1) is 0 Å². The van der Waals surface area contributed by atoms with Gasteiger partial charge in [-0.25, -0.2) is 0 Å². The molecule has 1 saturated heterocycles. The Bertz CT molecular complexity index is 329. The van der Waals surface area contributed by atoms with E-state index in [2.05, 4.69) is 24.1 Å². The first kappa shape index (κ1) is 13.1. The SMILES string of the molecule is CC1CN(C(=O)c2ccc[nH]2)CC(C)N1.Cl. The molecule has 2 rings (SSSR count). The van der Waals surface area contributed by atoms with Crippen LogP contribution in [0.1, 0.15) is 24.3 Å². The van der Waals surface area contributed by atoms with Gasteiger partial charge in [0.2, 0.25) is 0 Å². The van der Waals surface area contributed by atoms with Crippen LogP contribution in [0.25, 0.3) is 0 Å². The molecule has 0 aliphatic carbocycles. The zero-order valence-corrected chi connectivity index (χ0v) is 10.4. The monoisotopic (exact) mass is 243 g/mol. The molecule has 2 unspecified atom stereocenters. The second kappa shape index (κ2) is 5.37. The topological polar surface area (TPSA) is 48.1 Å². The molecule has 1 aromatic heterocycles. The van der Waals surface area contributed by atoms with Gasteiger partial charge in [0, 0.05) is 31.4 Å². The molecule has 0 radical (unpaired) electrons. The number of nitrogens with one attached hydrogen (secondary N) is 2. The van der Waals surface area contributed by atoms with E-state index in [9.17, 15) is 4.79 Å². The summed E-state index contributed by atoms with van der Waals surface area (Å²) in [4.78, 5) is 16.9. The van der Waals surface area contributed by atoms with E-state index in [1.54, 1.807) is 6.20 Å². The summed E-state index contributed by atoms with van der Waals surface area (Å²) in [7, 11) is 0. The zero-order chi connectivity index (χ0) is 10.8. The Kier molecular flexibility index (Phi) is 4.38. The Morgan fingerprint density at radius 2 is 2.00 bits per heavy atom. The Balaban J connectivity index is 0.00000128. The van der Waals surface area contributed by atoms with Gasteiger partial charge in [-0.05, 0) is 26.0 Å². The van der Waals surface area contributed by atoms with Gasteiger partial charge in [-0.15, -0.1) is 12.4 Å². The number of carbonyl (C=O) groups excluding carboxylic acids is 1. The Morgan fingerprint density at radius 1 is 1.38 bits per heavy atom. The summed E-state index contributed by atoms with van der Waals surface area (Å²) >= 11 is 0. The molecule has 4 nitrogen and oxygen atoms in total. The number of hydrogen-bond acceptors (Lipinski definition) is 2. The molecule has 16 heavy (non-hydrogen) atoms. The predicted molar refractivity (Wildman–Crippen MR) is 66.0 cm³/mol. The Labute approximate surface area is 102 Å². The average molecular weight is 244 g/mol. The summed E-state index contributed by atoms with van der Waals surface area (Å²) in [6, 6.07) is 4.41. The third-order valence-electron chi connectivity index (χ3n) is 2.67. The summed E-state index contributed by atoms with van der Waals surface area (Å²) < 4.78 is 0. The van der Waals surface area contributed by atoms with Crippen molar-refractivity contribution in [2.24, 2.45) is 0 Å². The number of rotatable bonds is 1. The molecule has 1 fully saturated rings. The van der Waals surface area contributed by atoms with Crippen LogP contribution in [-0.4, -0.2) is 41.0 Å². The van der Waals surface area contributed by atoms with Gasteiger partial charge in [-0.1, -0.05) is 0 Å². The number of aromatic amines is 1. The number of carbonyl (C=O) groups is 1. The van der Waals surface area contributed by atoms with Gasteiger partial charge in [-0.2, -0.15) is 0 Å². The number of H-pyrrole nitrogens is 1. The molecule has 1 aliphatic heterocycles. The molecule has 0 aromatic carbocycles. The van der Waals surface area contributed by atoms with E-state index < -0.39 is 0 Å². The lowest BCUT2D eigenvalue weighted by atomic mass is 10.1. The second-order valence-corrected chi connectivity index (χ2v) is 4.26. The van der Waals surface area contributed by atoms with Crippen LogP contribution in [-0.2, 0) is 0 Å². The van der Waals surface area contributed by atoms with E-state index in [1.165, 1.54) is 0 Å². The first-order valence-electron chi connectivity index (χ1n) is 5.35. The van der Waals surface area contributed by atoms with Crippen molar-refractivity contribution in [3.8, 4) is 0 Å². The number of hydrogen-bond donors (Lipinski definition) is 2. The average Bonchev–Trinajstić information content (AvgIpc) is 2.67. The van der Waals surface area contributed by atoms with Crippen molar-refractivity contribution in [1.29, 1.82) is 0 Å². The predicted octanol–water partition coefficient (Wildman–Crippen LogP) is 1.26. The van der Waals surface area contributed by atoms with Gasteiger partial charge in [0.05, 0.1) is 0 Å². The molecule has 1 aromatic rings. The Morgan fingerprint density at radius 3 is 2.50 bits per heavy atom. The maximum absolute atomic E-state index is 12.0. The third kappa shape index (κ3) is 2.77. The summed E-state index contributed by atoms with van der Waals surface area (Å²) in [6.45, 7) is 5.76. The molecule has 0 saturated carbocycles. The molecule has 2 heterocycles. The standard InChI is InChI=1S/C11H17N3O.ClH/c1-8-6-14(7-9(2)13-8)11(15)10-4-3-5-12-10;/h3-5,8-9,12-13H,6-7H2,1-2H3;1H. The van der Waals surface area contributed by atoms with E-state index in [0.717, 1.165) is 13.1 Å². The smallest absolute Gasteiger partial charge is 0.270 e. The van der Waals surface area contributed by atoms with E-state index in [0.29, 0.717) is 17.8 Å². The minimum atomic E-state index is 0. The van der Waals surface area contributed by atoms with Gasteiger partial charge in [-0.3, -0.25) is 4.79 Å². The largest absolute Gasteiger partial charge is 0.357 e. The summed E-state index contributed by atoms with van der Waals surface area (Å²) in [6.07, 6.45) is 1.78. The maximum Gasteiger partial charge on any atom is 0.270 e. The van der Waals surface area contributed by atoms with E-state index >= 15 is 0 Å². The molecule has 90 valence electrons. The fraction of sp³-hybridized carbons (Fsp3) is 0.545. The van der Waals surface area contributed by atoms with Crippen molar-refractivity contribution < 1.29 is 4.79 Å². The highest BCUT2D eigenvalue weighted by molar-refractivity contribution is 5.92. The highest BCUT2D eigenvalue weighted by atomic mass is 35.5. The van der Waals surface area contributed by atoms with Crippen LogP contribution in [0.5, 0.6) is 0 Å². The normalized spacial score (nSPS) is 25.0. The van der Waals surface area contributed by atoms with Gasteiger partial charge in [0.25, 0.3) is 5.91 Å². The molecule has 1 aliphatic rings. The van der Waals surface area contributed by atoms with Gasteiger partial charge in [0.15, 0.2) is 0 Å². The number of amides is 1. The zero-order valence-electron chi connectivity index (χ0n) is 9.56. The van der Waals surface area contributed by atoms with E-state index in [1.807, 2.05) is 17.0 Å². The molecular formula is C11H18ClN3O. The number of aromatic nitrogens is 1. The van der Waals surface area contributed by atoms with Crippen LogP contribution in [0.3, 0.4) is 0 Å². The lowest BCUT2D eigenvalue weighted by Crippen LogP contribution is -2.55. The molecule has 2 atom stereocenters. The van der Waals surface area contributed by atoms with E-state index in [4.69, 9.17) is 0 Å². The number of halogens is 1. The lowest BCUT2D eigenvalue weighted by molar-refractivity contribution is 0.0668. The molecule has 1 amide bonds. The van der Waals surface area contributed by atoms with Crippen molar-refractivity contribution in [1.82, 2.24) is 15.2 Å². The van der Waals surface area contributed by atoms with Crippen molar-refractivity contribution in [3.05, 3.63) is 24.0 Å².